The fourth-order valence-corrected chi connectivity index (χ4v) is 6.11. The minimum Gasteiger partial charge on any atom is -0.493 e. The molecule has 1 saturated heterocycles. The third-order valence-corrected chi connectivity index (χ3v) is 7.74. The van der Waals surface area contributed by atoms with Crippen LogP contribution in [0.25, 0.3) is 5.76 Å². The van der Waals surface area contributed by atoms with Gasteiger partial charge in [-0.3, -0.25) is 19.2 Å². The average Bonchev–Trinajstić information content (AvgIpc) is 3.49. The van der Waals surface area contributed by atoms with E-state index in [-0.39, 0.29) is 36.2 Å². The summed E-state index contributed by atoms with van der Waals surface area (Å²) in [5.41, 5.74) is -0.759. The molecule has 10 heteroatoms. The van der Waals surface area contributed by atoms with Gasteiger partial charge >= 0.3 is 5.69 Å². The molecule has 7 nitrogen and oxygen atoms in total. The minimum atomic E-state index is -3.16. The van der Waals surface area contributed by atoms with Gasteiger partial charge in [-0.25, -0.2) is 18.0 Å². The first-order valence-electron chi connectivity index (χ1n) is 11.3. The molecular weight excluding hydrogens is 427 g/mol. The van der Waals surface area contributed by atoms with Crippen LogP contribution < -0.4 is 11.2 Å². The standard InChI is InChI=1S/C22H28F3N3O4/c1-10-16-14(20(30)26-21(31)28(16)12-5-6-12)18(32-2)15(23)17(10)27-8-11-4-3-7-22(24,25)19(29)13(11)9-27/h10-13,17,19,29H,3-9H2,1-2H3,(H,26,30,31). The minimum absolute atomic E-state index is 0.0280. The van der Waals surface area contributed by atoms with Crippen LogP contribution in [-0.4, -0.2) is 57.8 Å². The highest BCUT2D eigenvalue weighted by Crippen LogP contribution is 2.48. The van der Waals surface area contributed by atoms with E-state index in [9.17, 15) is 23.5 Å². The zero-order valence-electron chi connectivity index (χ0n) is 18.1. The number of halogens is 3. The van der Waals surface area contributed by atoms with Crippen LogP contribution in [0, 0.1) is 11.8 Å². The largest absolute Gasteiger partial charge is 0.493 e. The summed E-state index contributed by atoms with van der Waals surface area (Å²) in [6.45, 7) is 2.24. The molecule has 2 saturated carbocycles. The number of likely N-dealkylation sites (tertiary alicyclic amines) is 1. The number of nitrogens with zero attached hydrogens (tertiary/aromatic N) is 2. The third-order valence-electron chi connectivity index (χ3n) is 7.74. The smallest absolute Gasteiger partial charge is 0.328 e. The van der Waals surface area contributed by atoms with Gasteiger partial charge in [-0.2, -0.15) is 0 Å². The Morgan fingerprint density at radius 2 is 1.91 bits per heavy atom. The normalized spacial score (nSPS) is 34.8. The van der Waals surface area contributed by atoms with Crippen LogP contribution in [0.2, 0.25) is 0 Å². The first kappa shape index (κ1) is 21.8. The van der Waals surface area contributed by atoms with E-state index >= 15 is 4.39 Å². The Balaban J connectivity index is 1.58. The van der Waals surface area contributed by atoms with Gasteiger partial charge in [-0.05, 0) is 31.6 Å². The molecule has 0 aromatic carbocycles. The lowest BCUT2D eigenvalue weighted by Gasteiger charge is -2.38. The molecule has 4 aliphatic rings. The van der Waals surface area contributed by atoms with Crippen molar-refractivity contribution in [2.24, 2.45) is 11.8 Å². The highest BCUT2D eigenvalue weighted by molar-refractivity contribution is 5.67. The van der Waals surface area contributed by atoms with Gasteiger partial charge in [-0.15, -0.1) is 0 Å². The lowest BCUT2D eigenvalue weighted by molar-refractivity contribution is -0.132. The second-order valence-corrected chi connectivity index (χ2v) is 9.71. The summed E-state index contributed by atoms with van der Waals surface area (Å²) in [7, 11) is 1.27. The molecule has 5 atom stereocenters. The molecule has 0 amide bonds. The quantitative estimate of drug-likeness (QED) is 0.731. The highest BCUT2D eigenvalue weighted by Gasteiger charge is 2.53. The Bertz CT molecular complexity index is 1080. The summed E-state index contributed by atoms with van der Waals surface area (Å²) < 4.78 is 51.3. The van der Waals surface area contributed by atoms with Crippen molar-refractivity contribution < 1.29 is 23.0 Å². The summed E-state index contributed by atoms with van der Waals surface area (Å²) in [4.78, 5) is 29.3. The summed E-state index contributed by atoms with van der Waals surface area (Å²) in [5, 5.41) is 10.4. The SMILES string of the molecule is COC1=C(F)C(N2CC3CCCC(F)(F)C(O)C3C2)C(C)c2c1c(=O)[nH]c(=O)n2C1CC1. The molecule has 1 aromatic heterocycles. The molecule has 0 radical (unpaired) electrons. The lowest BCUT2D eigenvalue weighted by atomic mass is 9.85. The number of aliphatic hydroxyl groups is 1. The lowest BCUT2D eigenvalue weighted by Crippen LogP contribution is -2.47. The van der Waals surface area contributed by atoms with Crippen LogP contribution in [-0.2, 0) is 4.74 Å². The molecule has 1 aromatic rings. The highest BCUT2D eigenvalue weighted by atomic mass is 19.3. The number of aromatic amines is 1. The fraction of sp³-hybridized carbons (Fsp3) is 0.727. The van der Waals surface area contributed by atoms with Crippen LogP contribution in [0.5, 0.6) is 0 Å². The topological polar surface area (TPSA) is 87.6 Å². The molecule has 2 heterocycles. The van der Waals surface area contributed by atoms with Crippen LogP contribution in [0.15, 0.2) is 15.4 Å². The Hall–Kier alpha value is -2.07. The van der Waals surface area contributed by atoms with Crippen LogP contribution in [0.1, 0.15) is 62.2 Å². The Morgan fingerprint density at radius 1 is 1.19 bits per heavy atom. The molecule has 2 N–H and O–H groups in total. The van der Waals surface area contributed by atoms with Crippen molar-refractivity contribution >= 4 is 5.76 Å². The summed E-state index contributed by atoms with van der Waals surface area (Å²) >= 11 is 0. The Morgan fingerprint density at radius 3 is 2.56 bits per heavy atom. The van der Waals surface area contributed by atoms with Crippen LogP contribution >= 0.6 is 0 Å². The fourth-order valence-electron chi connectivity index (χ4n) is 6.11. The van der Waals surface area contributed by atoms with Crippen molar-refractivity contribution in [1.29, 1.82) is 0 Å². The zero-order chi connectivity index (χ0) is 22.9. The number of aromatic nitrogens is 2. The molecule has 3 aliphatic carbocycles. The van der Waals surface area contributed by atoms with Crippen LogP contribution in [0.3, 0.4) is 0 Å². The van der Waals surface area contributed by atoms with Crippen molar-refractivity contribution in [3.8, 4) is 0 Å². The maximum Gasteiger partial charge on any atom is 0.328 e. The molecule has 176 valence electrons. The number of ether oxygens (including phenoxy) is 1. The molecule has 3 fully saturated rings. The van der Waals surface area contributed by atoms with Gasteiger partial charge in [0.15, 0.2) is 11.6 Å². The van der Waals surface area contributed by atoms with Crippen molar-refractivity contribution in [3.63, 3.8) is 0 Å². The first-order valence-corrected chi connectivity index (χ1v) is 11.3. The maximum absolute atomic E-state index is 15.8. The number of rotatable bonds is 3. The van der Waals surface area contributed by atoms with E-state index < -0.39 is 47.0 Å². The van der Waals surface area contributed by atoms with Gasteiger partial charge in [0.05, 0.1) is 13.2 Å². The van der Waals surface area contributed by atoms with Gasteiger partial charge in [0.1, 0.15) is 11.7 Å². The summed E-state index contributed by atoms with van der Waals surface area (Å²) in [6, 6.07) is -0.919. The van der Waals surface area contributed by atoms with E-state index in [0.717, 1.165) is 12.8 Å². The third kappa shape index (κ3) is 3.17. The van der Waals surface area contributed by atoms with Crippen molar-refractivity contribution in [3.05, 3.63) is 37.9 Å². The molecule has 5 rings (SSSR count). The van der Waals surface area contributed by atoms with E-state index in [2.05, 4.69) is 4.98 Å². The molecule has 5 unspecified atom stereocenters. The van der Waals surface area contributed by atoms with E-state index in [1.54, 1.807) is 11.8 Å². The zero-order valence-corrected chi connectivity index (χ0v) is 18.1. The molecule has 0 spiro atoms. The predicted octanol–water partition coefficient (Wildman–Crippen LogP) is 2.37. The monoisotopic (exact) mass is 455 g/mol. The second-order valence-electron chi connectivity index (χ2n) is 9.71. The van der Waals surface area contributed by atoms with E-state index in [0.29, 0.717) is 25.1 Å². The predicted molar refractivity (Wildman–Crippen MR) is 110 cm³/mol. The molecule has 1 aliphatic heterocycles. The van der Waals surface area contributed by atoms with Crippen LogP contribution in [0.4, 0.5) is 13.2 Å². The summed E-state index contributed by atoms with van der Waals surface area (Å²) in [6.07, 6.45) is 0.319. The van der Waals surface area contributed by atoms with E-state index in [1.165, 1.54) is 11.7 Å². The molecular formula is C22H28F3N3O4. The molecule has 32 heavy (non-hydrogen) atoms. The number of aliphatic hydroxyl groups excluding tert-OH is 1. The van der Waals surface area contributed by atoms with Gasteiger partial charge in [0.25, 0.3) is 11.5 Å². The van der Waals surface area contributed by atoms with Gasteiger partial charge in [0.2, 0.25) is 0 Å². The van der Waals surface area contributed by atoms with Crippen molar-refractivity contribution in [2.45, 2.75) is 69.1 Å². The van der Waals surface area contributed by atoms with Crippen molar-refractivity contribution in [1.82, 2.24) is 14.5 Å². The Kier molecular flexibility index (Phi) is 5.09. The van der Waals surface area contributed by atoms with Gasteiger partial charge in [-0.1, -0.05) is 6.92 Å². The van der Waals surface area contributed by atoms with E-state index in [1.807, 2.05) is 0 Å². The first-order chi connectivity index (χ1) is 15.2. The average molecular weight is 455 g/mol. The number of hydrogen-bond donors (Lipinski definition) is 2. The number of fused-ring (bicyclic) bond motifs is 2. The number of nitrogens with one attached hydrogen (secondary N) is 1. The van der Waals surface area contributed by atoms with Gasteiger partial charge < -0.3 is 9.84 Å². The summed E-state index contributed by atoms with van der Waals surface area (Å²) in [5.74, 6) is -5.42. The number of H-pyrrole nitrogens is 1. The molecule has 0 bridgehead atoms. The second kappa shape index (κ2) is 7.48. The maximum atomic E-state index is 15.8. The van der Waals surface area contributed by atoms with Gasteiger partial charge in [0, 0.05) is 43.1 Å². The Labute approximate surface area is 182 Å². The van der Waals surface area contributed by atoms with Crippen molar-refractivity contribution in [2.75, 3.05) is 20.2 Å². The number of hydrogen-bond acceptors (Lipinski definition) is 5. The van der Waals surface area contributed by atoms with E-state index in [4.69, 9.17) is 4.74 Å². The number of alkyl halides is 2. The number of methoxy groups -OCH3 is 1.